The maximum atomic E-state index is 12.5. The number of benzene rings is 2. The van der Waals surface area contributed by atoms with E-state index in [0.29, 0.717) is 18.1 Å². The van der Waals surface area contributed by atoms with Crippen LogP contribution in [0.3, 0.4) is 0 Å². The first-order valence-corrected chi connectivity index (χ1v) is 11.3. The van der Waals surface area contributed by atoms with Gasteiger partial charge >= 0.3 is 0 Å². The zero-order valence-corrected chi connectivity index (χ0v) is 19.2. The highest BCUT2D eigenvalue weighted by Gasteiger charge is 2.15. The number of hydrogen-bond acceptors (Lipinski definition) is 5. The summed E-state index contributed by atoms with van der Waals surface area (Å²) in [5, 5.41) is 21.8. The van der Waals surface area contributed by atoms with Gasteiger partial charge in [0.25, 0.3) is 5.91 Å². The molecule has 2 aromatic heterocycles. The number of unbranched alkanes of at least 4 members (excludes halogenated alkanes) is 1. The van der Waals surface area contributed by atoms with E-state index in [9.17, 15) is 4.79 Å². The molecule has 2 aromatic carbocycles. The Hall–Kier alpha value is -3.81. The fourth-order valence-electron chi connectivity index (χ4n) is 3.78. The second-order valence-electron chi connectivity index (χ2n) is 8.40. The zero-order chi connectivity index (χ0) is 23.2. The summed E-state index contributed by atoms with van der Waals surface area (Å²) < 4.78 is 1.95. The molecule has 0 saturated heterocycles. The SMILES string of the molecule is CCCCc1cc(C(=O)NC(C)C)nn1Cc1ccc(-c2ccccc2-c2nnn[nH]2)cc1. The molecule has 8 heteroatoms. The number of tetrazole rings is 1. The number of carbonyl (C=O) groups excluding carboxylic acids is 1. The Morgan fingerprint density at radius 1 is 1.09 bits per heavy atom. The molecule has 0 radical (unpaired) electrons. The van der Waals surface area contributed by atoms with E-state index in [-0.39, 0.29) is 11.9 Å². The Labute approximate surface area is 193 Å². The molecule has 0 unspecified atom stereocenters. The molecule has 0 atom stereocenters. The summed E-state index contributed by atoms with van der Waals surface area (Å²) in [6.07, 6.45) is 3.05. The minimum absolute atomic E-state index is 0.0740. The topological polar surface area (TPSA) is 101 Å². The van der Waals surface area contributed by atoms with Crippen LogP contribution in [0.15, 0.2) is 54.6 Å². The molecule has 33 heavy (non-hydrogen) atoms. The first kappa shape index (κ1) is 22.4. The van der Waals surface area contributed by atoms with Crippen molar-refractivity contribution in [2.75, 3.05) is 0 Å². The van der Waals surface area contributed by atoms with Crippen molar-refractivity contribution in [3.8, 4) is 22.5 Å². The van der Waals surface area contributed by atoms with Crippen molar-refractivity contribution >= 4 is 5.91 Å². The van der Waals surface area contributed by atoms with Gasteiger partial charge in [-0.1, -0.05) is 61.9 Å². The van der Waals surface area contributed by atoms with Gasteiger partial charge in [-0.3, -0.25) is 9.48 Å². The summed E-state index contributed by atoms with van der Waals surface area (Å²) in [6.45, 7) is 6.68. The Kier molecular flexibility index (Phi) is 6.92. The van der Waals surface area contributed by atoms with E-state index in [1.54, 1.807) is 0 Å². The molecule has 0 aliphatic rings. The third-order valence-corrected chi connectivity index (χ3v) is 5.43. The number of aromatic amines is 1. The van der Waals surface area contributed by atoms with Gasteiger partial charge in [0.2, 0.25) is 0 Å². The lowest BCUT2D eigenvalue weighted by Gasteiger charge is -2.10. The van der Waals surface area contributed by atoms with Crippen molar-refractivity contribution in [2.24, 2.45) is 0 Å². The van der Waals surface area contributed by atoms with Crippen LogP contribution in [0.25, 0.3) is 22.5 Å². The van der Waals surface area contributed by atoms with E-state index in [1.165, 1.54) is 0 Å². The number of rotatable bonds is 9. The van der Waals surface area contributed by atoms with E-state index >= 15 is 0 Å². The number of nitrogens with one attached hydrogen (secondary N) is 2. The van der Waals surface area contributed by atoms with Gasteiger partial charge in [-0.25, -0.2) is 5.10 Å². The van der Waals surface area contributed by atoms with Crippen molar-refractivity contribution in [3.05, 3.63) is 71.5 Å². The summed E-state index contributed by atoms with van der Waals surface area (Å²) in [5.74, 6) is 0.509. The first-order chi connectivity index (χ1) is 16.0. The van der Waals surface area contributed by atoms with Crippen LogP contribution in [0.2, 0.25) is 0 Å². The van der Waals surface area contributed by atoms with Crippen LogP contribution in [0, 0.1) is 0 Å². The molecule has 0 spiro atoms. The molecule has 170 valence electrons. The summed E-state index contributed by atoms with van der Waals surface area (Å²) in [4.78, 5) is 12.5. The third kappa shape index (κ3) is 5.34. The van der Waals surface area contributed by atoms with Crippen LogP contribution in [0.1, 0.15) is 55.4 Å². The molecule has 2 N–H and O–H groups in total. The molecule has 8 nitrogen and oxygen atoms in total. The van der Waals surface area contributed by atoms with Crippen LogP contribution >= 0.6 is 0 Å². The molecule has 0 fully saturated rings. The molecule has 0 saturated carbocycles. The van der Waals surface area contributed by atoms with Crippen LogP contribution in [0.5, 0.6) is 0 Å². The van der Waals surface area contributed by atoms with Crippen molar-refractivity contribution in [2.45, 2.75) is 52.6 Å². The number of carbonyl (C=O) groups is 1. The Balaban J connectivity index is 1.57. The number of H-pyrrole nitrogens is 1. The molecule has 2 heterocycles. The van der Waals surface area contributed by atoms with Crippen molar-refractivity contribution in [1.29, 1.82) is 0 Å². The monoisotopic (exact) mass is 443 g/mol. The number of hydrogen-bond donors (Lipinski definition) is 2. The summed E-state index contributed by atoms with van der Waals surface area (Å²) in [5.41, 5.74) is 5.76. The van der Waals surface area contributed by atoms with E-state index in [4.69, 9.17) is 0 Å². The van der Waals surface area contributed by atoms with Gasteiger partial charge in [0.05, 0.1) is 6.54 Å². The lowest BCUT2D eigenvalue weighted by molar-refractivity contribution is 0.0937. The molecular weight excluding hydrogens is 414 g/mol. The van der Waals surface area contributed by atoms with Gasteiger partial charge in [0.15, 0.2) is 5.82 Å². The normalized spacial score (nSPS) is 11.2. The lowest BCUT2D eigenvalue weighted by atomic mass is 9.98. The standard InChI is InChI=1S/C25H29N7O/c1-4-5-8-20-15-23(25(33)26-17(2)3)29-32(20)16-18-11-13-19(14-12-18)21-9-6-7-10-22(21)24-27-30-31-28-24/h6-7,9-15,17H,4-5,8,16H2,1-3H3,(H,26,33)(H,27,28,30,31). The lowest BCUT2D eigenvalue weighted by Crippen LogP contribution is -2.30. The highest BCUT2D eigenvalue weighted by atomic mass is 16.2. The second kappa shape index (κ2) is 10.2. The van der Waals surface area contributed by atoms with Crippen molar-refractivity contribution in [1.82, 2.24) is 35.7 Å². The Morgan fingerprint density at radius 2 is 1.85 bits per heavy atom. The number of aromatic nitrogens is 6. The average molecular weight is 444 g/mol. The van der Waals surface area contributed by atoms with Gasteiger partial charge in [-0.2, -0.15) is 5.10 Å². The largest absolute Gasteiger partial charge is 0.348 e. The van der Waals surface area contributed by atoms with Gasteiger partial charge in [-0.15, -0.1) is 5.10 Å². The van der Waals surface area contributed by atoms with Crippen LogP contribution in [0.4, 0.5) is 0 Å². The van der Waals surface area contributed by atoms with E-state index in [1.807, 2.05) is 42.8 Å². The highest BCUT2D eigenvalue weighted by molar-refractivity contribution is 5.92. The van der Waals surface area contributed by atoms with Gasteiger partial charge < -0.3 is 5.32 Å². The average Bonchev–Trinajstić information content (AvgIpc) is 3.48. The van der Waals surface area contributed by atoms with E-state index in [0.717, 1.165) is 47.2 Å². The number of amides is 1. The molecule has 0 bridgehead atoms. The molecule has 1 amide bonds. The van der Waals surface area contributed by atoms with Crippen molar-refractivity contribution < 1.29 is 4.79 Å². The van der Waals surface area contributed by atoms with E-state index in [2.05, 4.69) is 68.3 Å². The minimum atomic E-state index is -0.129. The minimum Gasteiger partial charge on any atom is -0.348 e. The second-order valence-corrected chi connectivity index (χ2v) is 8.40. The molecule has 4 rings (SSSR count). The zero-order valence-electron chi connectivity index (χ0n) is 19.2. The van der Waals surface area contributed by atoms with Crippen LogP contribution in [-0.2, 0) is 13.0 Å². The van der Waals surface area contributed by atoms with Gasteiger partial charge in [0, 0.05) is 17.3 Å². The number of aryl methyl sites for hydroxylation is 1. The first-order valence-electron chi connectivity index (χ1n) is 11.3. The maximum absolute atomic E-state index is 12.5. The fraction of sp³-hybridized carbons (Fsp3) is 0.320. The Bertz CT molecular complexity index is 1190. The van der Waals surface area contributed by atoms with E-state index < -0.39 is 0 Å². The van der Waals surface area contributed by atoms with Gasteiger partial charge in [0.1, 0.15) is 5.69 Å². The quantitative estimate of drug-likeness (QED) is 0.402. The van der Waals surface area contributed by atoms with Crippen LogP contribution in [-0.4, -0.2) is 42.4 Å². The predicted octanol–water partition coefficient (Wildman–Crippen LogP) is 4.26. The molecule has 0 aliphatic carbocycles. The van der Waals surface area contributed by atoms with Crippen molar-refractivity contribution in [3.63, 3.8) is 0 Å². The van der Waals surface area contributed by atoms with Gasteiger partial charge in [-0.05, 0) is 59.9 Å². The molecule has 4 aromatic rings. The number of nitrogens with zero attached hydrogens (tertiary/aromatic N) is 5. The third-order valence-electron chi connectivity index (χ3n) is 5.43. The summed E-state index contributed by atoms with van der Waals surface area (Å²) in [7, 11) is 0. The molecular formula is C25H29N7O. The smallest absolute Gasteiger partial charge is 0.271 e. The predicted molar refractivity (Wildman–Crippen MR) is 128 cm³/mol. The highest BCUT2D eigenvalue weighted by Crippen LogP contribution is 2.29. The Morgan fingerprint density at radius 3 is 2.52 bits per heavy atom. The fourth-order valence-corrected chi connectivity index (χ4v) is 3.78. The maximum Gasteiger partial charge on any atom is 0.271 e. The summed E-state index contributed by atoms with van der Waals surface area (Å²) in [6, 6.07) is 18.4. The summed E-state index contributed by atoms with van der Waals surface area (Å²) >= 11 is 0. The molecule has 0 aliphatic heterocycles. The van der Waals surface area contributed by atoms with Crippen LogP contribution < -0.4 is 5.32 Å².